The Kier molecular flexibility index (Phi) is 7.47. The van der Waals surface area contributed by atoms with E-state index in [-0.39, 0.29) is 22.5 Å². The van der Waals surface area contributed by atoms with Gasteiger partial charge in [0.25, 0.3) is 15.2 Å². The van der Waals surface area contributed by atoms with E-state index in [9.17, 15) is 13.2 Å². The highest BCUT2D eigenvalue weighted by Crippen LogP contribution is 2.35. The molecule has 5 rings (SSSR count). The summed E-state index contributed by atoms with van der Waals surface area (Å²) < 4.78 is 33.4. The molecule has 0 aliphatic heterocycles. The number of hydrogen-bond acceptors (Lipinski definition) is 8. The Morgan fingerprint density at radius 3 is 2.11 bits per heavy atom. The molecule has 5 aromatic rings. The van der Waals surface area contributed by atoms with Gasteiger partial charge in [-0.3, -0.25) is 4.79 Å². The second-order valence-electron chi connectivity index (χ2n) is 7.93. The van der Waals surface area contributed by atoms with Crippen LogP contribution in [-0.2, 0) is 14.8 Å². The molecular formula is C27H21N5O4S2. The van der Waals surface area contributed by atoms with Gasteiger partial charge in [0.05, 0.1) is 10.6 Å². The zero-order valence-corrected chi connectivity index (χ0v) is 21.4. The first-order valence-corrected chi connectivity index (χ1v) is 13.9. The van der Waals surface area contributed by atoms with Gasteiger partial charge in [-0.1, -0.05) is 72.4 Å². The Morgan fingerprint density at radius 2 is 1.45 bits per heavy atom. The number of carbonyl (C=O) groups is 1. The third kappa shape index (κ3) is 6.07. The van der Waals surface area contributed by atoms with Crippen LogP contribution in [0.25, 0.3) is 22.6 Å². The highest BCUT2D eigenvalue weighted by atomic mass is 32.2. The molecule has 0 atom stereocenters. The second-order valence-corrected chi connectivity index (χ2v) is 10.5. The van der Waals surface area contributed by atoms with Gasteiger partial charge in [0.2, 0.25) is 11.9 Å². The van der Waals surface area contributed by atoms with Crippen LogP contribution in [0.3, 0.4) is 0 Å². The first kappa shape index (κ1) is 25.2. The second kappa shape index (κ2) is 11.3. The van der Waals surface area contributed by atoms with Crippen LogP contribution in [0.1, 0.15) is 0 Å². The average molecular weight is 544 g/mol. The lowest BCUT2D eigenvalue weighted by atomic mass is 10.1. The predicted molar refractivity (Wildman–Crippen MR) is 146 cm³/mol. The Bertz CT molecular complexity index is 1570. The highest BCUT2D eigenvalue weighted by Gasteiger charge is 2.19. The number of sulfonamides is 1. The number of carbonyl (C=O) groups excluding carboxylic acids is 1. The molecule has 0 unspecified atom stereocenters. The van der Waals surface area contributed by atoms with E-state index in [0.717, 1.165) is 11.1 Å². The molecule has 9 nitrogen and oxygen atoms in total. The number of oxazole rings is 1. The summed E-state index contributed by atoms with van der Waals surface area (Å²) in [6.45, 7) is 0. The summed E-state index contributed by atoms with van der Waals surface area (Å²) >= 11 is 1.17. The number of benzene rings is 3. The van der Waals surface area contributed by atoms with Crippen LogP contribution in [0, 0.1) is 0 Å². The summed E-state index contributed by atoms with van der Waals surface area (Å²) in [4.78, 5) is 25.0. The van der Waals surface area contributed by atoms with Crippen molar-refractivity contribution in [1.82, 2.24) is 15.0 Å². The van der Waals surface area contributed by atoms with E-state index in [1.54, 1.807) is 6.07 Å². The average Bonchev–Trinajstić information content (AvgIpc) is 3.38. The quantitative estimate of drug-likeness (QED) is 0.239. The molecule has 2 N–H and O–H groups in total. The Labute approximate surface area is 223 Å². The summed E-state index contributed by atoms with van der Waals surface area (Å²) in [5.74, 6) is 0.364. The molecule has 0 radical (unpaired) electrons. The van der Waals surface area contributed by atoms with Gasteiger partial charge in [0.1, 0.15) is 5.69 Å². The van der Waals surface area contributed by atoms with Crippen LogP contribution in [0.4, 0.5) is 11.6 Å². The molecule has 0 fully saturated rings. The normalized spacial score (nSPS) is 11.2. The van der Waals surface area contributed by atoms with Crippen LogP contribution in [0.15, 0.2) is 118 Å². The fourth-order valence-electron chi connectivity index (χ4n) is 3.51. The highest BCUT2D eigenvalue weighted by molar-refractivity contribution is 7.99. The van der Waals surface area contributed by atoms with Crippen molar-refractivity contribution in [3.8, 4) is 22.6 Å². The summed E-state index contributed by atoms with van der Waals surface area (Å²) in [7, 11) is -3.86. The molecule has 0 aliphatic rings. The van der Waals surface area contributed by atoms with E-state index in [0.29, 0.717) is 22.4 Å². The number of rotatable bonds is 9. The van der Waals surface area contributed by atoms with Crippen molar-refractivity contribution in [2.24, 2.45) is 0 Å². The van der Waals surface area contributed by atoms with Crippen molar-refractivity contribution < 1.29 is 17.6 Å². The molecule has 0 bridgehead atoms. The molecule has 2 heterocycles. The van der Waals surface area contributed by atoms with Crippen LogP contribution in [0.5, 0.6) is 0 Å². The number of nitrogens with one attached hydrogen (secondary N) is 2. The Morgan fingerprint density at radius 1 is 0.816 bits per heavy atom. The van der Waals surface area contributed by atoms with Gasteiger partial charge < -0.3 is 9.73 Å². The largest absolute Gasteiger partial charge is 0.431 e. The number of nitrogens with zero attached hydrogens (tertiary/aromatic N) is 3. The lowest BCUT2D eigenvalue weighted by Gasteiger charge is -2.08. The van der Waals surface area contributed by atoms with Gasteiger partial charge >= 0.3 is 0 Å². The molecule has 1 amide bonds. The van der Waals surface area contributed by atoms with Crippen molar-refractivity contribution in [2.45, 2.75) is 10.1 Å². The van der Waals surface area contributed by atoms with Gasteiger partial charge in [0.15, 0.2) is 5.76 Å². The SMILES string of the molecule is O=C(CSc1nc(-c2ccccc2)c(-c2ccccc2)o1)Nc1ccc(S(=O)(=O)Nc2ncccn2)cc1. The van der Waals surface area contributed by atoms with Crippen molar-refractivity contribution in [3.05, 3.63) is 103 Å². The Hall–Kier alpha value is -4.48. The zero-order valence-electron chi connectivity index (χ0n) is 19.8. The standard InChI is InChI=1S/C27H21N5O4S2/c33-23(30-21-12-14-22(15-13-21)38(34,35)32-26-28-16-7-17-29-26)18-37-27-31-24(19-8-3-1-4-9-19)25(36-27)20-10-5-2-6-11-20/h1-17H,18H2,(H,30,33)(H,28,29,32). The third-order valence-electron chi connectivity index (χ3n) is 5.26. The maximum Gasteiger partial charge on any atom is 0.264 e. The molecule has 190 valence electrons. The number of anilines is 2. The van der Waals surface area contributed by atoms with Crippen LogP contribution in [0.2, 0.25) is 0 Å². The van der Waals surface area contributed by atoms with E-state index in [4.69, 9.17) is 4.42 Å². The molecule has 38 heavy (non-hydrogen) atoms. The summed E-state index contributed by atoms with van der Waals surface area (Å²) in [5, 5.41) is 3.13. The summed E-state index contributed by atoms with van der Waals surface area (Å²) in [5.41, 5.74) is 2.95. The number of amides is 1. The molecule has 0 saturated heterocycles. The topological polar surface area (TPSA) is 127 Å². The van der Waals surface area contributed by atoms with Crippen LogP contribution >= 0.6 is 11.8 Å². The van der Waals surface area contributed by atoms with Crippen LogP contribution in [-0.4, -0.2) is 35.0 Å². The smallest absolute Gasteiger partial charge is 0.264 e. The van der Waals surface area contributed by atoms with Crippen molar-refractivity contribution in [1.29, 1.82) is 0 Å². The molecule has 0 aliphatic carbocycles. The number of thioether (sulfide) groups is 1. The molecule has 2 aromatic heterocycles. The van der Waals surface area contributed by atoms with Crippen molar-refractivity contribution >= 4 is 39.3 Å². The van der Waals surface area contributed by atoms with E-state index in [1.807, 2.05) is 60.7 Å². The minimum absolute atomic E-state index is 0.0130. The predicted octanol–water partition coefficient (Wildman–Crippen LogP) is 5.33. The maximum absolute atomic E-state index is 12.6. The first-order chi connectivity index (χ1) is 18.5. The van der Waals surface area contributed by atoms with E-state index >= 15 is 0 Å². The van der Waals surface area contributed by atoms with Crippen molar-refractivity contribution in [2.75, 3.05) is 15.8 Å². The lowest BCUT2D eigenvalue weighted by molar-refractivity contribution is -0.113. The van der Waals surface area contributed by atoms with Gasteiger partial charge in [0, 0.05) is 29.2 Å². The molecule has 0 saturated carbocycles. The molecule has 11 heteroatoms. The van der Waals surface area contributed by atoms with Gasteiger partial charge in [-0.25, -0.2) is 28.1 Å². The van der Waals surface area contributed by atoms with Crippen molar-refractivity contribution in [3.63, 3.8) is 0 Å². The lowest BCUT2D eigenvalue weighted by Crippen LogP contribution is -2.16. The zero-order chi connectivity index (χ0) is 26.4. The van der Waals surface area contributed by atoms with E-state index < -0.39 is 10.0 Å². The van der Waals surface area contributed by atoms with E-state index in [1.165, 1.54) is 48.4 Å². The third-order valence-corrected chi connectivity index (χ3v) is 7.43. The molecular weight excluding hydrogens is 522 g/mol. The fraction of sp³-hybridized carbons (Fsp3) is 0.0370. The minimum atomic E-state index is -3.86. The van der Waals surface area contributed by atoms with Gasteiger partial charge in [-0.15, -0.1) is 0 Å². The summed E-state index contributed by atoms with van der Waals surface area (Å²) in [6, 6.07) is 26.8. The Balaban J connectivity index is 1.24. The maximum atomic E-state index is 12.6. The molecule has 3 aromatic carbocycles. The fourth-order valence-corrected chi connectivity index (χ4v) is 5.09. The number of hydrogen-bond donors (Lipinski definition) is 2. The number of aromatic nitrogens is 3. The molecule has 0 spiro atoms. The monoisotopic (exact) mass is 543 g/mol. The van der Waals surface area contributed by atoms with Gasteiger partial charge in [-0.2, -0.15) is 0 Å². The first-order valence-electron chi connectivity index (χ1n) is 11.4. The van der Waals surface area contributed by atoms with Gasteiger partial charge in [-0.05, 0) is 30.3 Å². The summed E-state index contributed by atoms with van der Waals surface area (Å²) in [6.07, 6.45) is 2.87. The minimum Gasteiger partial charge on any atom is -0.431 e. The van der Waals surface area contributed by atoms with Crippen LogP contribution < -0.4 is 10.0 Å². The van der Waals surface area contributed by atoms with E-state index in [2.05, 4.69) is 25.0 Å².